The molecule has 2 aliphatic carbocycles. The third kappa shape index (κ3) is 3.14. The van der Waals surface area contributed by atoms with E-state index >= 15 is 0 Å². The van der Waals surface area contributed by atoms with Crippen LogP contribution in [0.15, 0.2) is 43.1 Å². The number of hydrogen-bond donors (Lipinski definition) is 0. The maximum absolute atomic E-state index is 6.25. The Balaban J connectivity index is 1.96. The fraction of sp³-hybridized carbons (Fsp3) is 0.429. The molecule has 85 valence electrons. The summed E-state index contributed by atoms with van der Waals surface area (Å²) in [5.41, 5.74) is 0. The fourth-order valence-electron chi connectivity index (χ4n) is 1.94. The molecule has 0 unspecified atom stereocenters. The molecule has 0 fully saturated rings. The van der Waals surface area contributed by atoms with Gasteiger partial charge in [-0.3, -0.25) is 0 Å². The van der Waals surface area contributed by atoms with Crippen LogP contribution in [-0.4, -0.2) is 6.61 Å². The Morgan fingerprint density at radius 2 is 1.75 bits per heavy atom. The average Bonchev–Trinajstić information content (AvgIpc) is 2.97. The van der Waals surface area contributed by atoms with Gasteiger partial charge in [-0.15, -0.1) is 0 Å². The molecule has 0 aromatic carbocycles. The second-order valence-electron chi connectivity index (χ2n) is 4.18. The summed E-state index contributed by atoms with van der Waals surface area (Å²) in [5.74, 6) is 0. The average molecular weight is 382 g/mol. The van der Waals surface area contributed by atoms with Gasteiger partial charge in [-0.25, -0.2) is 0 Å². The normalized spacial score (nSPS) is 17.8. The molecular weight excluding hydrogens is 363 g/mol. The van der Waals surface area contributed by atoms with Crippen molar-refractivity contribution in [2.24, 2.45) is 0 Å². The maximum atomic E-state index is 6.25. The standard InChI is InChI=1S/2C5H5.C4H9O.Hf/c2*1-2-4-5-3-1;1-2-3-4-5;/h2*1-3H,4H2;2-4H2,1H3;/q;;-1;+1. The van der Waals surface area contributed by atoms with Crippen LogP contribution < -0.4 is 0 Å². The van der Waals surface area contributed by atoms with Gasteiger partial charge in [0.25, 0.3) is 0 Å². The molecular formula is C14H19HfO. The van der Waals surface area contributed by atoms with Crippen molar-refractivity contribution in [1.29, 1.82) is 0 Å². The van der Waals surface area contributed by atoms with E-state index in [1.807, 2.05) is 0 Å². The van der Waals surface area contributed by atoms with Gasteiger partial charge in [-0.1, -0.05) is 0 Å². The second kappa shape index (κ2) is 6.51. The molecule has 0 radical (unpaired) electrons. The van der Waals surface area contributed by atoms with Gasteiger partial charge in [0, 0.05) is 0 Å². The van der Waals surface area contributed by atoms with E-state index in [9.17, 15) is 0 Å². The third-order valence-electron chi connectivity index (χ3n) is 2.87. The number of rotatable bonds is 6. The van der Waals surface area contributed by atoms with E-state index in [1.165, 1.54) is 12.8 Å². The molecule has 1 nitrogen and oxygen atoms in total. The molecule has 2 rings (SSSR count). The topological polar surface area (TPSA) is 9.23 Å². The van der Waals surface area contributed by atoms with E-state index in [-0.39, 0.29) is 0 Å². The van der Waals surface area contributed by atoms with E-state index in [4.69, 9.17) is 2.85 Å². The minimum absolute atomic E-state index is 0.966. The summed E-state index contributed by atoms with van der Waals surface area (Å²) in [6, 6.07) is 0. The van der Waals surface area contributed by atoms with Crippen LogP contribution in [-0.2, 0) is 24.7 Å². The van der Waals surface area contributed by atoms with Gasteiger partial charge < -0.3 is 0 Å². The molecule has 0 amide bonds. The SMILES string of the molecule is CCCC[O][Hf]([C]1=CC=CC1)[C]1=CC=CC1. The van der Waals surface area contributed by atoms with Crippen molar-refractivity contribution in [3.05, 3.63) is 43.1 Å². The van der Waals surface area contributed by atoms with Gasteiger partial charge in [-0.05, 0) is 0 Å². The Morgan fingerprint density at radius 3 is 2.19 bits per heavy atom. The van der Waals surface area contributed by atoms with E-state index in [0.717, 1.165) is 19.4 Å². The number of allylic oxidation sites excluding steroid dienone is 8. The van der Waals surface area contributed by atoms with Gasteiger partial charge in [0.15, 0.2) is 0 Å². The fourth-order valence-corrected chi connectivity index (χ4v) is 9.97. The molecule has 0 spiro atoms. The van der Waals surface area contributed by atoms with Crippen molar-refractivity contribution >= 4 is 0 Å². The van der Waals surface area contributed by atoms with Gasteiger partial charge in [-0.2, -0.15) is 0 Å². The van der Waals surface area contributed by atoms with E-state index in [2.05, 4.69) is 43.4 Å². The second-order valence-corrected chi connectivity index (χ2v) is 12.2. The van der Waals surface area contributed by atoms with Crippen LogP contribution in [0.5, 0.6) is 0 Å². The van der Waals surface area contributed by atoms with Crippen molar-refractivity contribution in [3.63, 3.8) is 0 Å². The Labute approximate surface area is 107 Å². The molecule has 0 aromatic heterocycles. The third-order valence-corrected chi connectivity index (χ3v) is 11.5. The molecule has 0 aliphatic heterocycles. The molecule has 0 saturated heterocycles. The van der Waals surface area contributed by atoms with Crippen LogP contribution in [0, 0.1) is 0 Å². The summed E-state index contributed by atoms with van der Waals surface area (Å²) < 4.78 is 9.49. The van der Waals surface area contributed by atoms with E-state index in [1.54, 1.807) is 6.66 Å². The zero-order chi connectivity index (χ0) is 11.2. The zero-order valence-electron chi connectivity index (χ0n) is 9.91. The number of hydrogen-bond acceptors (Lipinski definition) is 1. The van der Waals surface area contributed by atoms with Crippen molar-refractivity contribution < 1.29 is 24.7 Å². The Bertz CT molecular complexity index is 320. The molecule has 0 saturated carbocycles. The molecule has 2 heteroatoms. The van der Waals surface area contributed by atoms with Gasteiger partial charge in [0.1, 0.15) is 0 Å². The van der Waals surface area contributed by atoms with Gasteiger partial charge in [0.2, 0.25) is 0 Å². The summed E-state index contributed by atoms with van der Waals surface area (Å²) in [6.07, 6.45) is 18.2. The zero-order valence-corrected chi connectivity index (χ0v) is 13.5. The van der Waals surface area contributed by atoms with Crippen LogP contribution >= 0.6 is 0 Å². The summed E-state index contributed by atoms with van der Waals surface area (Å²) in [4.78, 5) is 0. The number of unbranched alkanes of at least 4 members (excludes halogenated alkanes) is 1. The van der Waals surface area contributed by atoms with Crippen LogP contribution in [0.25, 0.3) is 0 Å². The summed E-state index contributed by atoms with van der Waals surface area (Å²) in [5, 5.41) is 0. The van der Waals surface area contributed by atoms with Crippen LogP contribution in [0.1, 0.15) is 32.6 Å². The van der Waals surface area contributed by atoms with Gasteiger partial charge in [0.05, 0.1) is 0 Å². The van der Waals surface area contributed by atoms with Gasteiger partial charge >= 0.3 is 107 Å². The molecule has 0 atom stereocenters. The van der Waals surface area contributed by atoms with Crippen molar-refractivity contribution in [1.82, 2.24) is 0 Å². The Kier molecular flexibility index (Phi) is 4.98. The summed E-state index contributed by atoms with van der Waals surface area (Å²) in [6.45, 7) is 3.19. The van der Waals surface area contributed by atoms with E-state index in [0.29, 0.717) is 0 Å². The first kappa shape index (κ1) is 12.3. The first-order valence-electron chi connectivity index (χ1n) is 6.13. The monoisotopic (exact) mass is 383 g/mol. The predicted octanol–water partition coefficient (Wildman–Crippen LogP) is 4.02. The van der Waals surface area contributed by atoms with Crippen molar-refractivity contribution in [3.8, 4) is 0 Å². The molecule has 0 heterocycles. The first-order valence-corrected chi connectivity index (χ1v) is 11.2. The molecule has 0 N–H and O–H groups in total. The van der Waals surface area contributed by atoms with Crippen LogP contribution in [0.2, 0.25) is 0 Å². The van der Waals surface area contributed by atoms with Crippen molar-refractivity contribution in [2.75, 3.05) is 6.61 Å². The molecule has 16 heavy (non-hydrogen) atoms. The van der Waals surface area contributed by atoms with Crippen molar-refractivity contribution in [2.45, 2.75) is 32.6 Å². The minimum atomic E-state index is -2.07. The first-order chi connectivity index (χ1) is 7.92. The quantitative estimate of drug-likeness (QED) is 0.499. The molecule has 0 aromatic rings. The predicted molar refractivity (Wildman–Crippen MR) is 64.5 cm³/mol. The van der Waals surface area contributed by atoms with Crippen LogP contribution in [0.3, 0.4) is 0 Å². The van der Waals surface area contributed by atoms with E-state index < -0.39 is 21.9 Å². The Morgan fingerprint density at radius 1 is 1.12 bits per heavy atom. The summed E-state index contributed by atoms with van der Waals surface area (Å²) in [7, 11) is 0. The van der Waals surface area contributed by atoms with Crippen LogP contribution in [0.4, 0.5) is 0 Å². The Hall–Kier alpha value is -0.210. The summed E-state index contributed by atoms with van der Waals surface area (Å²) >= 11 is -2.07. The molecule has 2 aliphatic rings. The molecule has 0 bridgehead atoms.